The number of ketones is 1. The first-order valence-corrected chi connectivity index (χ1v) is 16.9. The van der Waals surface area contributed by atoms with Crippen molar-refractivity contribution in [1.82, 2.24) is 10.2 Å². The molecule has 47 heavy (non-hydrogen) atoms. The maximum absolute atomic E-state index is 14.6. The third kappa shape index (κ3) is 6.45. The Labute approximate surface area is 279 Å². The van der Waals surface area contributed by atoms with Crippen LogP contribution in [0.3, 0.4) is 0 Å². The van der Waals surface area contributed by atoms with Crippen LogP contribution in [-0.2, 0) is 15.3 Å². The number of benzene rings is 4. The minimum absolute atomic E-state index is 0.0752. The van der Waals surface area contributed by atoms with Gasteiger partial charge in [0.1, 0.15) is 11.6 Å². The van der Waals surface area contributed by atoms with Gasteiger partial charge in [0.2, 0.25) is 5.13 Å². The molecule has 0 saturated carbocycles. The zero-order chi connectivity index (χ0) is 33.1. The van der Waals surface area contributed by atoms with Crippen LogP contribution in [0.2, 0.25) is 0 Å². The minimum Gasteiger partial charge on any atom is -0.507 e. The Morgan fingerprint density at radius 3 is 2.62 bits per heavy atom. The summed E-state index contributed by atoms with van der Waals surface area (Å²) in [6.45, 7) is 4.15. The number of unbranched alkanes of at least 4 members (excludes halogenated alkanes) is 1. The molecule has 11 heteroatoms. The number of aliphatic hydroxyl groups excluding tert-OH is 1. The lowest BCUT2D eigenvalue weighted by atomic mass is 9.94. The largest absolute Gasteiger partial charge is 0.507 e. The Hall–Kier alpha value is -4.74. The standard InChI is InChI=1S/C36H32FN3O5S2/c1-4-5-17-45-28-16-15-23(19-29(28)44-3)31-30(32(41)24-14-13-21(2)27(37)18-24)33(42)34(43)40(31)35-38-39-36(47-35)46-20-25-11-8-10-22-9-6-7-12-26(22)25/h6-16,18-19,31,41H,4-5,17,20H2,1-3H3/t31-/m1/s1. The molecule has 0 spiro atoms. The second kappa shape index (κ2) is 13.9. The van der Waals surface area contributed by atoms with E-state index in [4.69, 9.17) is 9.47 Å². The zero-order valence-electron chi connectivity index (χ0n) is 26.0. The summed E-state index contributed by atoms with van der Waals surface area (Å²) in [6, 6.07) is 22.4. The van der Waals surface area contributed by atoms with Crippen molar-refractivity contribution in [3.8, 4) is 11.5 Å². The number of methoxy groups -OCH3 is 1. The number of nitrogens with zero attached hydrogens (tertiary/aromatic N) is 3. The van der Waals surface area contributed by atoms with Crippen molar-refractivity contribution in [2.24, 2.45) is 0 Å². The van der Waals surface area contributed by atoms with Gasteiger partial charge in [-0.3, -0.25) is 14.5 Å². The van der Waals surface area contributed by atoms with Crippen molar-refractivity contribution in [1.29, 1.82) is 0 Å². The molecule has 4 aromatic carbocycles. The van der Waals surface area contributed by atoms with Crippen LogP contribution in [-0.4, -0.2) is 40.7 Å². The zero-order valence-corrected chi connectivity index (χ0v) is 27.7. The summed E-state index contributed by atoms with van der Waals surface area (Å²) >= 11 is 2.65. The number of hydrogen-bond acceptors (Lipinski definition) is 9. The number of rotatable bonds is 11. The van der Waals surface area contributed by atoms with E-state index in [1.807, 2.05) is 18.2 Å². The van der Waals surface area contributed by atoms with Gasteiger partial charge in [-0.05, 0) is 59.0 Å². The van der Waals surface area contributed by atoms with Crippen molar-refractivity contribution in [2.45, 2.75) is 42.8 Å². The number of thioether (sulfide) groups is 1. The lowest BCUT2D eigenvalue weighted by molar-refractivity contribution is -0.132. The van der Waals surface area contributed by atoms with E-state index in [1.54, 1.807) is 25.1 Å². The van der Waals surface area contributed by atoms with Crippen LogP contribution in [0.4, 0.5) is 9.52 Å². The average molecular weight is 670 g/mol. The van der Waals surface area contributed by atoms with Gasteiger partial charge in [0, 0.05) is 11.3 Å². The first kappa shape index (κ1) is 32.2. The number of aryl methyl sites for hydroxylation is 1. The second-order valence-corrected chi connectivity index (χ2v) is 13.2. The number of aliphatic hydroxyl groups is 1. The van der Waals surface area contributed by atoms with E-state index in [-0.39, 0.29) is 16.3 Å². The molecule has 1 aliphatic rings. The summed E-state index contributed by atoms with van der Waals surface area (Å²) in [6.07, 6.45) is 1.81. The van der Waals surface area contributed by atoms with Crippen molar-refractivity contribution >= 4 is 56.5 Å². The molecule has 0 bridgehead atoms. The molecule has 1 N–H and O–H groups in total. The molecule has 1 amide bonds. The van der Waals surface area contributed by atoms with Crippen LogP contribution in [0.15, 0.2) is 88.8 Å². The van der Waals surface area contributed by atoms with Gasteiger partial charge >= 0.3 is 5.91 Å². The molecular weight excluding hydrogens is 638 g/mol. The highest BCUT2D eigenvalue weighted by molar-refractivity contribution is 8.00. The van der Waals surface area contributed by atoms with Crippen LogP contribution >= 0.6 is 23.1 Å². The normalized spacial score (nSPS) is 15.8. The first-order valence-electron chi connectivity index (χ1n) is 15.1. The first-order chi connectivity index (χ1) is 22.8. The van der Waals surface area contributed by atoms with Gasteiger partial charge in [0.05, 0.1) is 25.3 Å². The fourth-order valence-electron chi connectivity index (χ4n) is 5.46. The summed E-state index contributed by atoms with van der Waals surface area (Å²) < 4.78 is 26.7. The van der Waals surface area contributed by atoms with Crippen molar-refractivity contribution < 1.29 is 28.6 Å². The quantitative estimate of drug-likeness (QED) is 0.0375. The molecule has 0 radical (unpaired) electrons. The van der Waals surface area contributed by atoms with Crippen LogP contribution in [0.5, 0.6) is 11.5 Å². The lowest BCUT2D eigenvalue weighted by Crippen LogP contribution is -2.29. The minimum atomic E-state index is -1.10. The molecule has 5 aromatic rings. The summed E-state index contributed by atoms with van der Waals surface area (Å²) in [5, 5.41) is 22.6. The number of aromatic nitrogens is 2. The number of amides is 1. The van der Waals surface area contributed by atoms with Gasteiger partial charge in [0.25, 0.3) is 5.78 Å². The average Bonchev–Trinajstić information content (AvgIpc) is 3.66. The topological polar surface area (TPSA) is 102 Å². The second-order valence-electron chi connectivity index (χ2n) is 11.0. The Morgan fingerprint density at radius 2 is 1.83 bits per heavy atom. The fraction of sp³-hybridized carbons (Fsp3) is 0.222. The molecule has 1 aromatic heterocycles. The summed E-state index contributed by atoms with van der Waals surface area (Å²) in [7, 11) is 1.50. The lowest BCUT2D eigenvalue weighted by Gasteiger charge is -2.23. The predicted molar refractivity (Wildman–Crippen MR) is 183 cm³/mol. The number of anilines is 1. The van der Waals surface area contributed by atoms with Crippen molar-refractivity contribution in [2.75, 3.05) is 18.6 Å². The van der Waals surface area contributed by atoms with E-state index in [0.29, 0.717) is 39.3 Å². The van der Waals surface area contributed by atoms with Gasteiger partial charge in [-0.1, -0.05) is 97.1 Å². The molecule has 2 heterocycles. The molecule has 1 fully saturated rings. The molecule has 0 aliphatic carbocycles. The van der Waals surface area contributed by atoms with Crippen LogP contribution in [0.1, 0.15) is 48.1 Å². The Bertz CT molecular complexity index is 2000. The highest BCUT2D eigenvalue weighted by Gasteiger charge is 2.48. The molecule has 6 rings (SSSR count). The molecule has 240 valence electrons. The van der Waals surface area contributed by atoms with Gasteiger partial charge in [-0.25, -0.2) is 4.39 Å². The molecule has 1 atom stereocenters. The smallest absolute Gasteiger partial charge is 0.301 e. The summed E-state index contributed by atoms with van der Waals surface area (Å²) in [5.74, 6) is -1.32. The molecule has 0 unspecified atom stereocenters. The van der Waals surface area contributed by atoms with Crippen molar-refractivity contribution in [3.05, 3.63) is 113 Å². The van der Waals surface area contributed by atoms with E-state index in [9.17, 15) is 19.1 Å². The van der Waals surface area contributed by atoms with E-state index in [0.717, 1.165) is 35.2 Å². The fourth-order valence-corrected chi connectivity index (χ4v) is 7.33. The predicted octanol–water partition coefficient (Wildman–Crippen LogP) is 8.24. The maximum Gasteiger partial charge on any atom is 0.301 e. The number of fused-ring (bicyclic) bond motifs is 1. The van der Waals surface area contributed by atoms with Crippen LogP contribution in [0, 0.1) is 12.7 Å². The van der Waals surface area contributed by atoms with Gasteiger partial charge < -0.3 is 14.6 Å². The Balaban J connectivity index is 1.39. The highest BCUT2D eigenvalue weighted by atomic mass is 32.2. The number of ether oxygens (including phenoxy) is 2. The van der Waals surface area contributed by atoms with Gasteiger partial charge in [-0.2, -0.15) is 0 Å². The Morgan fingerprint density at radius 1 is 1.02 bits per heavy atom. The molecule has 8 nitrogen and oxygen atoms in total. The SMILES string of the molecule is CCCCOc1ccc([C@@H]2C(=C(O)c3ccc(C)c(F)c3)C(=O)C(=O)N2c2nnc(SCc3cccc4ccccc34)s2)cc1OC. The molecule has 1 aliphatic heterocycles. The van der Waals surface area contributed by atoms with Crippen molar-refractivity contribution in [3.63, 3.8) is 0 Å². The van der Waals surface area contributed by atoms with E-state index in [1.165, 1.54) is 47.2 Å². The number of Topliss-reactive ketones (excluding diaryl/α,β-unsaturated/α-hetero) is 1. The highest BCUT2D eigenvalue weighted by Crippen LogP contribution is 2.46. The number of halogens is 1. The molecule has 1 saturated heterocycles. The van der Waals surface area contributed by atoms with Crippen LogP contribution < -0.4 is 14.4 Å². The maximum atomic E-state index is 14.6. The van der Waals surface area contributed by atoms with E-state index in [2.05, 4.69) is 41.4 Å². The summed E-state index contributed by atoms with van der Waals surface area (Å²) in [4.78, 5) is 28.6. The number of carbonyl (C=O) groups is 2. The third-order valence-corrected chi connectivity index (χ3v) is 10.1. The van der Waals surface area contributed by atoms with Crippen LogP contribution in [0.25, 0.3) is 16.5 Å². The number of carbonyl (C=O) groups excluding carboxylic acids is 2. The van der Waals surface area contributed by atoms with E-state index < -0.39 is 29.3 Å². The molecular formula is C36H32FN3O5S2. The monoisotopic (exact) mass is 669 g/mol. The third-order valence-electron chi connectivity index (χ3n) is 7.98. The van der Waals surface area contributed by atoms with Gasteiger partial charge in [0.15, 0.2) is 15.8 Å². The Kier molecular flexibility index (Phi) is 9.55. The number of hydrogen-bond donors (Lipinski definition) is 1. The summed E-state index contributed by atoms with van der Waals surface area (Å²) in [5.41, 5.74) is 1.86. The van der Waals surface area contributed by atoms with E-state index >= 15 is 0 Å². The van der Waals surface area contributed by atoms with Gasteiger partial charge in [-0.15, -0.1) is 10.2 Å².